The zero-order chi connectivity index (χ0) is 10.2. The van der Waals surface area contributed by atoms with Crippen LogP contribution in [0.1, 0.15) is 18.1 Å². The first-order valence-electron chi connectivity index (χ1n) is 3.92. The lowest BCUT2D eigenvalue weighted by molar-refractivity contribution is 0.612. The lowest BCUT2D eigenvalue weighted by Crippen LogP contribution is -2.00. The monoisotopic (exact) mass is 221 g/mol. The lowest BCUT2D eigenvalue weighted by Gasteiger charge is -2.11. The van der Waals surface area contributed by atoms with Gasteiger partial charge in [-0.1, -0.05) is 30.1 Å². The van der Waals surface area contributed by atoms with Gasteiger partial charge in [-0.15, -0.1) is 0 Å². The molecule has 0 fully saturated rings. The Balaban J connectivity index is 3.56. The summed E-state index contributed by atoms with van der Waals surface area (Å²) >= 11 is 11.6. The molecule has 13 heavy (non-hydrogen) atoms. The molecule has 0 aliphatic heterocycles. The second-order valence-corrected chi connectivity index (χ2v) is 3.57. The Kier molecular flexibility index (Phi) is 3.04. The van der Waals surface area contributed by atoms with Crippen LogP contribution in [-0.4, -0.2) is 0 Å². The maximum atomic E-state index is 13.4. The van der Waals surface area contributed by atoms with Crippen LogP contribution in [0.4, 0.5) is 10.1 Å². The minimum atomic E-state index is -0.458. The molecule has 1 aromatic rings. The standard InChI is InChI=1S/C9H10Cl2FN/c1-3-5-7(11)9(13)4(2)6(10)8(5)12/h3,13H2,1-2H3. The zero-order valence-electron chi connectivity index (χ0n) is 7.42. The molecule has 0 bridgehead atoms. The van der Waals surface area contributed by atoms with Gasteiger partial charge < -0.3 is 5.73 Å². The van der Waals surface area contributed by atoms with E-state index in [2.05, 4.69) is 0 Å². The molecule has 0 amide bonds. The highest BCUT2D eigenvalue weighted by atomic mass is 35.5. The van der Waals surface area contributed by atoms with E-state index < -0.39 is 5.82 Å². The smallest absolute Gasteiger partial charge is 0.146 e. The van der Waals surface area contributed by atoms with Crippen molar-refractivity contribution in [2.24, 2.45) is 0 Å². The first-order valence-corrected chi connectivity index (χ1v) is 4.67. The fourth-order valence-electron chi connectivity index (χ4n) is 1.15. The highest BCUT2D eigenvalue weighted by Gasteiger charge is 2.16. The van der Waals surface area contributed by atoms with E-state index in [0.29, 0.717) is 23.2 Å². The van der Waals surface area contributed by atoms with E-state index in [1.54, 1.807) is 13.8 Å². The Morgan fingerprint density at radius 3 is 2.31 bits per heavy atom. The van der Waals surface area contributed by atoms with Gasteiger partial charge in [-0.25, -0.2) is 4.39 Å². The van der Waals surface area contributed by atoms with Gasteiger partial charge in [-0.3, -0.25) is 0 Å². The first-order chi connectivity index (χ1) is 6.00. The molecule has 1 aromatic carbocycles. The van der Waals surface area contributed by atoms with Gasteiger partial charge in [-0.2, -0.15) is 0 Å². The number of benzene rings is 1. The van der Waals surface area contributed by atoms with Crippen LogP contribution in [0.5, 0.6) is 0 Å². The Labute approximate surface area is 86.6 Å². The normalized spacial score (nSPS) is 10.5. The second kappa shape index (κ2) is 3.72. The largest absolute Gasteiger partial charge is 0.397 e. The summed E-state index contributed by atoms with van der Waals surface area (Å²) in [6.07, 6.45) is 0.481. The van der Waals surface area contributed by atoms with Crippen molar-refractivity contribution in [1.29, 1.82) is 0 Å². The SMILES string of the molecule is CCc1c(F)c(Cl)c(C)c(N)c1Cl. The molecule has 0 spiro atoms. The molecule has 4 heteroatoms. The van der Waals surface area contributed by atoms with Crippen molar-refractivity contribution >= 4 is 28.9 Å². The molecule has 1 nitrogen and oxygen atoms in total. The third-order valence-corrected chi connectivity index (χ3v) is 2.93. The third kappa shape index (κ3) is 1.61. The highest BCUT2D eigenvalue weighted by Crippen LogP contribution is 2.35. The van der Waals surface area contributed by atoms with Crippen LogP contribution in [0.2, 0.25) is 10.0 Å². The number of nitrogen functional groups attached to an aromatic ring is 1. The predicted molar refractivity (Wildman–Crippen MR) is 54.9 cm³/mol. The number of halogens is 3. The Bertz CT molecular complexity index is 321. The number of anilines is 1. The van der Waals surface area contributed by atoms with Crippen molar-refractivity contribution in [2.45, 2.75) is 20.3 Å². The van der Waals surface area contributed by atoms with E-state index in [1.807, 2.05) is 0 Å². The van der Waals surface area contributed by atoms with Gasteiger partial charge in [0.05, 0.1) is 15.7 Å². The first kappa shape index (κ1) is 10.6. The minimum absolute atomic E-state index is 0.0683. The predicted octanol–water partition coefficient (Wildman–Crippen LogP) is 3.59. The molecule has 0 aromatic heterocycles. The van der Waals surface area contributed by atoms with Crippen LogP contribution in [0.25, 0.3) is 0 Å². The molecule has 2 N–H and O–H groups in total. The summed E-state index contributed by atoms with van der Waals surface area (Å²) in [6, 6.07) is 0. The van der Waals surface area contributed by atoms with Crippen LogP contribution in [0.3, 0.4) is 0 Å². The number of hydrogen-bond acceptors (Lipinski definition) is 1. The molecular weight excluding hydrogens is 212 g/mol. The van der Waals surface area contributed by atoms with Gasteiger partial charge in [0.1, 0.15) is 5.82 Å². The van der Waals surface area contributed by atoms with Crippen LogP contribution < -0.4 is 5.73 Å². The van der Waals surface area contributed by atoms with Crippen molar-refractivity contribution in [3.8, 4) is 0 Å². The summed E-state index contributed by atoms with van der Waals surface area (Å²) in [7, 11) is 0. The second-order valence-electron chi connectivity index (χ2n) is 2.81. The van der Waals surface area contributed by atoms with Gasteiger partial charge in [0, 0.05) is 5.56 Å². The maximum Gasteiger partial charge on any atom is 0.146 e. The molecule has 0 radical (unpaired) electrons. The van der Waals surface area contributed by atoms with Gasteiger partial charge in [0.2, 0.25) is 0 Å². The minimum Gasteiger partial charge on any atom is -0.397 e. The van der Waals surface area contributed by atoms with E-state index in [1.165, 1.54) is 0 Å². The van der Waals surface area contributed by atoms with Crippen molar-refractivity contribution in [2.75, 3.05) is 5.73 Å². The highest BCUT2D eigenvalue weighted by molar-refractivity contribution is 6.36. The maximum absolute atomic E-state index is 13.4. The summed E-state index contributed by atoms with van der Waals surface area (Å²) in [5.41, 5.74) is 6.90. The molecule has 72 valence electrons. The average molecular weight is 222 g/mol. The molecule has 0 heterocycles. The summed E-state index contributed by atoms with van der Waals surface area (Å²) in [5.74, 6) is -0.458. The van der Waals surface area contributed by atoms with Gasteiger partial charge in [0.25, 0.3) is 0 Å². The van der Waals surface area contributed by atoms with Crippen molar-refractivity contribution in [1.82, 2.24) is 0 Å². The van der Waals surface area contributed by atoms with E-state index >= 15 is 0 Å². The van der Waals surface area contributed by atoms with Gasteiger partial charge in [0.15, 0.2) is 0 Å². The van der Waals surface area contributed by atoms with Crippen LogP contribution in [0, 0.1) is 12.7 Å². The Hall–Kier alpha value is -0.470. The third-order valence-electron chi connectivity index (χ3n) is 2.05. The number of nitrogens with two attached hydrogens (primary N) is 1. The molecule has 0 unspecified atom stereocenters. The van der Waals surface area contributed by atoms with Gasteiger partial charge in [-0.05, 0) is 18.9 Å². The molecule has 0 aliphatic rings. The van der Waals surface area contributed by atoms with Crippen LogP contribution in [-0.2, 0) is 6.42 Å². The fraction of sp³-hybridized carbons (Fsp3) is 0.333. The van der Waals surface area contributed by atoms with E-state index in [0.717, 1.165) is 0 Å². The molecular formula is C9H10Cl2FN. The van der Waals surface area contributed by atoms with Crippen molar-refractivity contribution < 1.29 is 4.39 Å². The Morgan fingerprint density at radius 2 is 1.85 bits per heavy atom. The number of rotatable bonds is 1. The summed E-state index contributed by atoms with van der Waals surface area (Å²) < 4.78 is 13.4. The quantitative estimate of drug-likeness (QED) is 0.570. The fourth-order valence-corrected chi connectivity index (χ4v) is 1.72. The zero-order valence-corrected chi connectivity index (χ0v) is 8.93. The van der Waals surface area contributed by atoms with Crippen LogP contribution in [0.15, 0.2) is 0 Å². The number of hydrogen-bond donors (Lipinski definition) is 1. The summed E-state index contributed by atoms with van der Waals surface area (Å²) in [6.45, 7) is 3.45. The van der Waals surface area contributed by atoms with E-state index in [-0.39, 0.29) is 10.0 Å². The summed E-state index contributed by atoms with van der Waals surface area (Å²) in [4.78, 5) is 0. The molecule has 0 aliphatic carbocycles. The molecule has 0 saturated carbocycles. The molecule has 0 atom stereocenters. The topological polar surface area (TPSA) is 26.0 Å². The van der Waals surface area contributed by atoms with Gasteiger partial charge >= 0.3 is 0 Å². The van der Waals surface area contributed by atoms with Crippen molar-refractivity contribution in [3.63, 3.8) is 0 Å². The summed E-state index contributed by atoms with van der Waals surface area (Å²) in [5, 5.41) is 0.348. The molecule has 0 saturated heterocycles. The average Bonchev–Trinajstić information content (AvgIpc) is 2.13. The van der Waals surface area contributed by atoms with Crippen molar-refractivity contribution in [3.05, 3.63) is 27.0 Å². The molecule has 1 rings (SSSR count). The van der Waals surface area contributed by atoms with E-state index in [4.69, 9.17) is 28.9 Å². The lowest BCUT2D eigenvalue weighted by atomic mass is 10.1. The Morgan fingerprint density at radius 1 is 1.31 bits per heavy atom. The van der Waals surface area contributed by atoms with E-state index in [9.17, 15) is 4.39 Å². The van der Waals surface area contributed by atoms with Crippen LogP contribution >= 0.6 is 23.2 Å².